The Morgan fingerprint density at radius 1 is 1.12 bits per heavy atom. The molecule has 10 heteroatoms. The van der Waals surface area contributed by atoms with Gasteiger partial charge in [-0.3, -0.25) is 4.79 Å². The quantitative estimate of drug-likeness (QED) is 0.476. The topological polar surface area (TPSA) is 107 Å². The summed E-state index contributed by atoms with van der Waals surface area (Å²) in [6, 6.07) is 8.19. The molecule has 1 aromatic heterocycles. The number of nitrogens with one attached hydrogen (secondary N) is 3. The monoisotopic (exact) mass is 459 g/mol. The number of rotatable bonds is 8. The predicted molar refractivity (Wildman–Crippen MR) is 124 cm³/mol. The van der Waals surface area contributed by atoms with Crippen LogP contribution in [0.2, 0.25) is 5.02 Å². The van der Waals surface area contributed by atoms with Crippen LogP contribution in [0.25, 0.3) is 11.0 Å². The number of urea groups is 1. The van der Waals surface area contributed by atoms with Gasteiger partial charge in [-0.1, -0.05) is 11.6 Å². The lowest BCUT2D eigenvalue weighted by Gasteiger charge is -2.14. The zero-order valence-electron chi connectivity index (χ0n) is 18.4. The van der Waals surface area contributed by atoms with Gasteiger partial charge in [0.05, 0.1) is 42.3 Å². The summed E-state index contributed by atoms with van der Waals surface area (Å²) in [6.45, 7) is 4.68. The molecule has 0 fully saturated rings. The molecule has 170 valence electrons. The molecule has 2 aromatic carbocycles. The normalized spacial score (nSPS) is 10.8. The molecule has 3 aromatic rings. The van der Waals surface area contributed by atoms with Gasteiger partial charge in [0.2, 0.25) is 0 Å². The smallest absolute Gasteiger partial charge is 0.319 e. The number of anilines is 1. The van der Waals surface area contributed by atoms with Crippen molar-refractivity contribution < 1.29 is 19.1 Å². The van der Waals surface area contributed by atoms with Crippen molar-refractivity contribution in [1.29, 1.82) is 0 Å². The van der Waals surface area contributed by atoms with Gasteiger partial charge in [0.1, 0.15) is 11.5 Å². The number of aromatic nitrogens is 2. The minimum Gasteiger partial charge on any atom is -0.495 e. The molecule has 0 bridgehead atoms. The number of nitrogens with zero attached hydrogens (tertiary/aromatic N) is 2. The summed E-state index contributed by atoms with van der Waals surface area (Å²) in [5.41, 5.74) is 2.57. The summed E-state index contributed by atoms with van der Waals surface area (Å²) >= 11 is 6.14. The number of carbonyl (C=O) groups excluding carboxylic acids is 2. The zero-order valence-corrected chi connectivity index (χ0v) is 19.1. The number of benzene rings is 2. The zero-order chi connectivity index (χ0) is 23.3. The summed E-state index contributed by atoms with van der Waals surface area (Å²) < 4.78 is 12.3. The predicted octanol–water partition coefficient (Wildman–Crippen LogP) is 3.67. The molecule has 0 saturated heterocycles. The van der Waals surface area contributed by atoms with Crippen LogP contribution in [0.5, 0.6) is 11.5 Å². The molecular formula is C22H26ClN5O4. The van der Waals surface area contributed by atoms with Crippen LogP contribution < -0.4 is 25.4 Å². The van der Waals surface area contributed by atoms with E-state index in [1.807, 2.05) is 24.5 Å². The highest BCUT2D eigenvalue weighted by molar-refractivity contribution is 6.32. The molecule has 9 nitrogen and oxygen atoms in total. The SMILES string of the molecule is COc1cc(OC)c(NC(=O)NCCn2cnc3cc(C(=O)NC(C)C)ccc32)cc1Cl. The van der Waals surface area contributed by atoms with Crippen LogP contribution in [0.1, 0.15) is 24.2 Å². The Kier molecular flexibility index (Phi) is 7.42. The lowest BCUT2D eigenvalue weighted by atomic mass is 10.2. The maximum atomic E-state index is 12.3. The maximum absolute atomic E-state index is 12.3. The Balaban J connectivity index is 1.60. The Labute approximate surface area is 191 Å². The standard InChI is InChI=1S/C22H26ClN5O4/c1-13(2)26-21(29)14-5-6-18-16(9-14)25-12-28(18)8-7-24-22(30)27-17-10-15(23)19(31-3)11-20(17)32-4/h5-6,9-13H,7-8H2,1-4H3,(H,26,29)(H2,24,27,30). The lowest BCUT2D eigenvalue weighted by molar-refractivity contribution is 0.0943. The van der Waals surface area contributed by atoms with E-state index < -0.39 is 6.03 Å². The van der Waals surface area contributed by atoms with Crippen LogP contribution >= 0.6 is 11.6 Å². The summed E-state index contributed by atoms with van der Waals surface area (Å²) in [5.74, 6) is 0.745. The molecule has 1 heterocycles. The molecule has 0 unspecified atom stereocenters. The third kappa shape index (κ3) is 5.42. The van der Waals surface area contributed by atoms with Crippen molar-refractivity contribution in [2.24, 2.45) is 0 Å². The van der Waals surface area contributed by atoms with Crippen molar-refractivity contribution in [3.63, 3.8) is 0 Å². The van der Waals surface area contributed by atoms with Crippen molar-refractivity contribution >= 4 is 40.3 Å². The molecule has 0 spiro atoms. The van der Waals surface area contributed by atoms with E-state index in [4.69, 9.17) is 21.1 Å². The van der Waals surface area contributed by atoms with E-state index in [-0.39, 0.29) is 11.9 Å². The number of imidazole rings is 1. The van der Waals surface area contributed by atoms with E-state index in [2.05, 4.69) is 20.9 Å². The van der Waals surface area contributed by atoms with Crippen molar-refractivity contribution in [3.8, 4) is 11.5 Å². The van der Waals surface area contributed by atoms with Gasteiger partial charge in [0, 0.05) is 30.8 Å². The third-order valence-electron chi connectivity index (χ3n) is 4.66. The van der Waals surface area contributed by atoms with E-state index in [1.54, 1.807) is 30.6 Å². The number of hydrogen-bond acceptors (Lipinski definition) is 5. The van der Waals surface area contributed by atoms with Crippen LogP contribution in [-0.2, 0) is 6.54 Å². The lowest BCUT2D eigenvalue weighted by Crippen LogP contribution is -2.31. The van der Waals surface area contributed by atoms with Crippen LogP contribution in [0.4, 0.5) is 10.5 Å². The Hall–Kier alpha value is -3.46. The summed E-state index contributed by atoms with van der Waals surface area (Å²) in [7, 11) is 3.00. The van der Waals surface area contributed by atoms with Gasteiger partial charge in [-0.15, -0.1) is 0 Å². The average Bonchev–Trinajstić information content (AvgIpc) is 3.15. The minimum atomic E-state index is -0.401. The fraction of sp³-hybridized carbons (Fsp3) is 0.318. The average molecular weight is 460 g/mol. The van der Waals surface area contributed by atoms with Gasteiger partial charge in [-0.25, -0.2) is 9.78 Å². The highest BCUT2D eigenvalue weighted by Gasteiger charge is 2.13. The van der Waals surface area contributed by atoms with E-state index in [0.29, 0.717) is 46.4 Å². The molecule has 0 aliphatic carbocycles. The number of carbonyl (C=O) groups is 2. The van der Waals surface area contributed by atoms with Crippen LogP contribution in [0.3, 0.4) is 0 Å². The second-order valence-corrected chi connectivity index (χ2v) is 7.74. The molecule has 32 heavy (non-hydrogen) atoms. The third-order valence-corrected chi connectivity index (χ3v) is 4.96. The summed E-state index contributed by atoms with van der Waals surface area (Å²) in [5, 5.41) is 8.73. The first-order valence-electron chi connectivity index (χ1n) is 10.0. The van der Waals surface area contributed by atoms with Gasteiger partial charge in [-0.2, -0.15) is 0 Å². The fourth-order valence-electron chi connectivity index (χ4n) is 3.14. The van der Waals surface area contributed by atoms with Crippen LogP contribution in [0.15, 0.2) is 36.7 Å². The minimum absolute atomic E-state index is 0.0573. The van der Waals surface area contributed by atoms with Gasteiger partial charge >= 0.3 is 6.03 Å². The molecule has 3 amide bonds. The first-order valence-corrected chi connectivity index (χ1v) is 10.4. The summed E-state index contributed by atoms with van der Waals surface area (Å²) in [6.07, 6.45) is 1.68. The Bertz CT molecular complexity index is 1130. The largest absolute Gasteiger partial charge is 0.495 e. The molecule has 3 rings (SSSR count). The van der Waals surface area contributed by atoms with E-state index in [9.17, 15) is 9.59 Å². The van der Waals surface area contributed by atoms with Gasteiger partial charge in [-0.05, 0) is 38.1 Å². The highest BCUT2D eigenvalue weighted by Crippen LogP contribution is 2.35. The second-order valence-electron chi connectivity index (χ2n) is 7.34. The van der Waals surface area contributed by atoms with Gasteiger partial charge in [0.25, 0.3) is 5.91 Å². The molecule has 0 aliphatic heterocycles. The van der Waals surface area contributed by atoms with E-state index >= 15 is 0 Å². The first kappa shape index (κ1) is 23.2. The second kappa shape index (κ2) is 10.2. The number of fused-ring (bicyclic) bond motifs is 1. The van der Waals surface area contributed by atoms with E-state index in [1.165, 1.54) is 14.2 Å². The van der Waals surface area contributed by atoms with E-state index in [0.717, 1.165) is 5.52 Å². The number of amides is 3. The Morgan fingerprint density at radius 2 is 1.88 bits per heavy atom. The van der Waals surface area contributed by atoms with Crippen molar-refractivity contribution in [2.45, 2.75) is 26.4 Å². The van der Waals surface area contributed by atoms with Crippen LogP contribution in [-0.4, -0.2) is 48.3 Å². The number of halogens is 1. The van der Waals surface area contributed by atoms with Gasteiger partial charge in [0.15, 0.2) is 0 Å². The van der Waals surface area contributed by atoms with Gasteiger partial charge < -0.3 is 30.0 Å². The molecule has 0 atom stereocenters. The van der Waals surface area contributed by atoms with Crippen molar-refractivity contribution in [3.05, 3.63) is 47.2 Å². The molecule has 0 aliphatic rings. The molecule has 3 N–H and O–H groups in total. The number of hydrogen-bond donors (Lipinski definition) is 3. The van der Waals surface area contributed by atoms with Crippen molar-refractivity contribution in [2.75, 3.05) is 26.1 Å². The fourth-order valence-corrected chi connectivity index (χ4v) is 3.38. The number of methoxy groups -OCH3 is 2. The maximum Gasteiger partial charge on any atom is 0.319 e. The molecular weight excluding hydrogens is 434 g/mol. The highest BCUT2D eigenvalue weighted by atomic mass is 35.5. The molecule has 0 saturated carbocycles. The van der Waals surface area contributed by atoms with Crippen molar-refractivity contribution in [1.82, 2.24) is 20.2 Å². The van der Waals surface area contributed by atoms with Crippen LogP contribution in [0, 0.1) is 0 Å². The first-order chi connectivity index (χ1) is 15.3. The number of ether oxygens (including phenoxy) is 2. The Morgan fingerprint density at radius 3 is 2.56 bits per heavy atom. The summed E-state index contributed by atoms with van der Waals surface area (Å²) in [4.78, 5) is 28.9. The molecule has 0 radical (unpaired) electrons.